The number of hydrogen-bond donors (Lipinski definition) is 0. The van der Waals surface area contributed by atoms with Gasteiger partial charge in [-0.25, -0.2) is 4.79 Å². The van der Waals surface area contributed by atoms with Gasteiger partial charge in [-0.1, -0.05) is 78.9 Å². The third-order valence-corrected chi connectivity index (χ3v) is 7.88. The molecule has 2 aliphatic heterocycles. The lowest BCUT2D eigenvalue weighted by Crippen LogP contribution is -2.49. The largest absolute Gasteiger partial charge is 0.452 e. The highest BCUT2D eigenvalue weighted by molar-refractivity contribution is 6.05. The molecule has 1 aromatic heterocycles. The number of carbonyl (C=O) groups is 2. The second kappa shape index (κ2) is 12.0. The van der Waals surface area contributed by atoms with E-state index in [-0.39, 0.29) is 12.5 Å². The van der Waals surface area contributed by atoms with Gasteiger partial charge in [-0.05, 0) is 17.2 Å². The van der Waals surface area contributed by atoms with Crippen molar-refractivity contribution in [2.75, 3.05) is 39.3 Å². The van der Waals surface area contributed by atoms with Crippen LogP contribution in [0.2, 0.25) is 0 Å². The zero-order valence-electron chi connectivity index (χ0n) is 22.7. The Kier molecular flexibility index (Phi) is 7.84. The van der Waals surface area contributed by atoms with Gasteiger partial charge in [0.2, 0.25) is 0 Å². The summed E-state index contributed by atoms with van der Waals surface area (Å²) in [6.45, 7) is 5.77. The monoisotopic (exact) mass is 534 g/mol. The third-order valence-electron chi connectivity index (χ3n) is 7.88. The van der Waals surface area contributed by atoms with Crippen LogP contribution in [-0.4, -0.2) is 70.9 Å². The van der Waals surface area contributed by atoms with Gasteiger partial charge in [0, 0.05) is 75.4 Å². The van der Waals surface area contributed by atoms with Crippen molar-refractivity contribution in [1.82, 2.24) is 19.7 Å². The molecule has 4 aromatic rings. The van der Waals surface area contributed by atoms with Crippen LogP contribution in [-0.2, 0) is 35.6 Å². The Hall–Kier alpha value is -4.07. The van der Waals surface area contributed by atoms with Crippen LogP contribution in [0.15, 0.2) is 84.9 Å². The van der Waals surface area contributed by atoms with Crippen LogP contribution in [0.5, 0.6) is 0 Å². The Morgan fingerprint density at radius 1 is 0.725 bits per heavy atom. The first-order chi connectivity index (χ1) is 19.6. The first-order valence-corrected chi connectivity index (χ1v) is 14.0. The molecule has 1 fully saturated rings. The van der Waals surface area contributed by atoms with Crippen LogP contribution >= 0.6 is 0 Å². The van der Waals surface area contributed by atoms with Gasteiger partial charge in [0.25, 0.3) is 5.91 Å². The van der Waals surface area contributed by atoms with E-state index in [1.807, 2.05) is 60.7 Å². The Morgan fingerprint density at radius 3 is 2.05 bits per heavy atom. The topological polar surface area (TPSA) is 66.0 Å². The van der Waals surface area contributed by atoms with Gasteiger partial charge < -0.3 is 9.64 Å². The van der Waals surface area contributed by atoms with Crippen LogP contribution in [0.4, 0.5) is 0 Å². The molecule has 1 amide bonds. The smallest absolute Gasteiger partial charge is 0.339 e. The van der Waals surface area contributed by atoms with E-state index < -0.39 is 5.97 Å². The summed E-state index contributed by atoms with van der Waals surface area (Å²) in [6.07, 6.45) is 0.763. The van der Waals surface area contributed by atoms with Crippen molar-refractivity contribution in [3.8, 4) is 0 Å². The van der Waals surface area contributed by atoms with E-state index in [4.69, 9.17) is 9.72 Å². The molecule has 3 heterocycles. The van der Waals surface area contributed by atoms with Gasteiger partial charge in [0.1, 0.15) is 0 Å². The molecule has 7 heteroatoms. The van der Waals surface area contributed by atoms with Crippen molar-refractivity contribution in [2.45, 2.75) is 26.1 Å². The lowest BCUT2D eigenvalue weighted by Gasteiger charge is -2.34. The van der Waals surface area contributed by atoms with E-state index in [2.05, 4.69) is 34.1 Å². The summed E-state index contributed by atoms with van der Waals surface area (Å²) in [6, 6.07) is 28.4. The molecule has 0 spiro atoms. The average molecular weight is 535 g/mol. The molecule has 40 heavy (non-hydrogen) atoms. The highest BCUT2D eigenvalue weighted by atomic mass is 16.5. The first-order valence-electron chi connectivity index (χ1n) is 14.0. The second-order valence-corrected chi connectivity index (χ2v) is 10.6. The van der Waals surface area contributed by atoms with Gasteiger partial charge in [0.05, 0.1) is 11.1 Å². The number of aromatic nitrogens is 1. The zero-order valence-corrected chi connectivity index (χ0v) is 22.7. The minimum atomic E-state index is -0.451. The van der Waals surface area contributed by atoms with Crippen LogP contribution in [0.25, 0.3) is 10.9 Å². The standard InChI is InChI=1S/C33H34N4O3/c38-31(37-19-17-35(18-20-37)21-25-9-3-1-4-10-25)24-40-33(39)32-27-13-7-8-14-29(27)34-30-15-16-36(23-28(30)32)22-26-11-5-2-6-12-26/h1-14H,15-24H2. The van der Waals surface area contributed by atoms with Crippen molar-refractivity contribution in [1.29, 1.82) is 0 Å². The summed E-state index contributed by atoms with van der Waals surface area (Å²) in [5.41, 5.74) is 5.68. The number of pyridine rings is 1. The molecule has 2 aliphatic rings. The predicted molar refractivity (Wildman–Crippen MR) is 155 cm³/mol. The molecule has 7 nitrogen and oxygen atoms in total. The fourth-order valence-corrected chi connectivity index (χ4v) is 5.74. The lowest BCUT2D eigenvalue weighted by atomic mass is 9.95. The average Bonchev–Trinajstić information content (AvgIpc) is 3.00. The fourth-order valence-electron chi connectivity index (χ4n) is 5.74. The van der Waals surface area contributed by atoms with Crippen molar-refractivity contribution < 1.29 is 14.3 Å². The molecular weight excluding hydrogens is 500 g/mol. The van der Waals surface area contributed by atoms with E-state index >= 15 is 0 Å². The van der Waals surface area contributed by atoms with Gasteiger partial charge in [-0.3, -0.25) is 19.6 Å². The summed E-state index contributed by atoms with van der Waals surface area (Å²) >= 11 is 0. The lowest BCUT2D eigenvalue weighted by molar-refractivity contribution is -0.136. The van der Waals surface area contributed by atoms with E-state index in [1.165, 1.54) is 11.1 Å². The molecule has 0 atom stereocenters. The Morgan fingerprint density at radius 2 is 1.35 bits per heavy atom. The van der Waals surface area contributed by atoms with Crippen LogP contribution in [0.3, 0.4) is 0 Å². The molecule has 0 radical (unpaired) electrons. The summed E-state index contributed by atoms with van der Waals surface area (Å²) in [7, 11) is 0. The Bertz CT molecular complexity index is 1480. The van der Waals surface area contributed by atoms with Crippen molar-refractivity contribution in [3.63, 3.8) is 0 Å². The summed E-state index contributed by atoms with van der Waals surface area (Å²) in [4.78, 5) is 38.0. The molecule has 0 aliphatic carbocycles. The fraction of sp³-hybridized carbons (Fsp3) is 0.303. The maximum absolute atomic E-state index is 13.6. The van der Waals surface area contributed by atoms with Crippen LogP contribution in [0, 0.1) is 0 Å². The van der Waals surface area contributed by atoms with Crippen LogP contribution in [0.1, 0.15) is 32.7 Å². The molecule has 1 saturated heterocycles. The normalized spacial score (nSPS) is 16.1. The number of carbonyl (C=O) groups excluding carboxylic acids is 2. The third kappa shape index (κ3) is 5.91. The van der Waals surface area contributed by atoms with E-state index in [9.17, 15) is 9.59 Å². The maximum atomic E-state index is 13.6. The van der Waals surface area contributed by atoms with Gasteiger partial charge in [-0.2, -0.15) is 0 Å². The molecule has 0 N–H and O–H groups in total. The van der Waals surface area contributed by atoms with E-state index in [1.54, 1.807) is 4.90 Å². The SMILES string of the molecule is O=C(OCC(=O)N1CCN(Cc2ccccc2)CC1)c1c2c(nc3ccccc13)CCN(Cc1ccccc1)C2. The molecule has 204 valence electrons. The minimum Gasteiger partial charge on any atom is -0.452 e. The van der Waals surface area contributed by atoms with Gasteiger partial charge in [0.15, 0.2) is 6.61 Å². The number of piperazine rings is 1. The molecule has 3 aromatic carbocycles. The minimum absolute atomic E-state index is 0.148. The van der Waals surface area contributed by atoms with Crippen molar-refractivity contribution in [2.24, 2.45) is 0 Å². The zero-order chi connectivity index (χ0) is 27.3. The quantitative estimate of drug-likeness (QED) is 0.330. The number of esters is 1. The number of benzene rings is 3. The summed E-state index contributed by atoms with van der Waals surface area (Å²) < 4.78 is 5.70. The number of ether oxygens (including phenoxy) is 1. The van der Waals surface area contributed by atoms with Gasteiger partial charge in [-0.15, -0.1) is 0 Å². The Labute approximate surface area is 235 Å². The van der Waals surface area contributed by atoms with Crippen LogP contribution < -0.4 is 0 Å². The number of amides is 1. The highest BCUT2D eigenvalue weighted by Gasteiger charge is 2.28. The number of fused-ring (bicyclic) bond motifs is 2. The highest BCUT2D eigenvalue weighted by Crippen LogP contribution is 2.29. The number of rotatable bonds is 7. The molecule has 0 saturated carbocycles. The Balaban J connectivity index is 1.13. The first kappa shape index (κ1) is 26.2. The predicted octanol–water partition coefficient (Wildman–Crippen LogP) is 4.29. The molecule has 0 bridgehead atoms. The van der Waals surface area contributed by atoms with Gasteiger partial charge >= 0.3 is 5.97 Å². The number of nitrogens with zero attached hydrogens (tertiary/aromatic N) is 4. The number of para-hydroxylation sites is 1. The van der Waals surface area contributed by atoms with E-state index in [0.717, 1.165) is 61.3 Å². The summed E-state index contributed by atoms with van der Waals surface area (Å²) in [5.74, 6) is -0.599. The number of hydrogen-bond acceptors (Lipinski definition) is 6. The van der Waals surface area contributed by atoms with Crippen molar-refractivity contribution in [3.05, 3.63) is 113 Å². The maximum Gasteiger partial charge on any atom is 0.339 e. The summed E-state index contributed by atoms with van der Waals surface area (Å²) in [5, 5.41) is 0.773. The molecule has 0 unspecified atom stereocenters. The van der Waals surface area contributed by atoms with Crippen molar-refractivity contribution >= 4 is 22.8 Å². The molecular formula is C33H34N4O3. The second-order valence-electron chi connectivity index (χ2n) is 10.6. The van der Waals surface area contributed by atoms with E-state index in [0.29, 0.717) is 25.2 Å². The molecule has 6 rings (SSSR count).